The minimum Gasteiger partial charge on any atom is -0.377 e. The maximum atomic E-state index is 5.72. The van der Waals surface area contributed by atoms with E-state index in [9.17, 15) is 0 Å². The monoisotopic (exact) mass is 173 g/mol. The van der Waals surface area contributed by atoms with Crippen molar-refractivity contribution in [2.45, 2.75) is 39.7 Å². The van der Waals surface area contributed by atoms with Gasteiger partial charge in [-0.2, -0.15) is 0 Å². The average molecular weight is 173 g/mol. The Morgan fingerprint density at radius 1 is 1.33 bits per heavy atom. The van der Waals surface area contributed by atoms with Crippen LogP contribution in [0.25, 0.3) is 0 Å². The van der Waals surface area contributed by atoms with Gasteiger partial charge in [0.2, 0.25) is 0 Å². The number of rotatable bonds is 7. The van der Waals surface area contributed by atoms with Crippen molar-refractivity contribution < 1.29 is 4.74 Å². The van der Waals surface area contributed by atoms with Crippen molar-refractivity contribution in [3.05, 3.63) is 0 Å². The molecule has 0 bridgehead atoms. The highest BCUT2D eigenvalue weighted by atomic mass is 16.5. The summed E-state index contributed by atoms with van der Waals surface area (Å²) in [6, 6.07) is 0. The summed E-state index contributed by atoms with van der Waals surface area (Å²) in [5, 5.41) is 3.15. The van der Waals surface area contributed by atoms with Gasteiger partial charge in [-0.1, -0.05) is 27.2 Å². The fraction of sp³-hybridized carbons (Fsp3) is 1.00. The van der Waals surface area contributed by atoms with Crippen LogP contribution in [-0.4, -0.2) is 26.3 Å². The van der Waals surface area contributed by atoms with Gasteiger partial charge >= 0.3 is 0 Å². The van der Waals surface area contributed by atoms with Crippen LogP contribution in [0.2, 0.25) is 0 Å². The fourth-order valence-electron chi connectivity index (χ4n) is 1.12. The molecule has 74 valence electrons. The Bertz CT molecular complexity index is 87.8. The van der Waals surface area contributed by atoms with E-state index >= 15 is 0 Å². The van der Waals surface area contributed by atoms with Crippen LogP contribution in [0.1, 0.15) is 33.6 Å². The molecule has 1 atom stereocenters. The Morgan fingerprint density at radius 2 is 2.00 bits per heavy atom. The molecule has 0 aromatic carbocycles. The number of hydrogen-bond acceptors (Lipinski definition) is 2. The van der Waals surface area contributed by atoms with Gasteiger partial charge in [-0.3, -0.25) is 0 Å². The van der Waals surface area contributed by atoms with Gasteiger partial charge in [0.05, 0.1) is 6.10 Å². The predicted molar refractivity (Wildman–Crippen MR) is 53.4 cm³/mol. The topological polar surface area (TPSA) is 21.3 Å². The molecule has 0 aliphatic rings. The van der Waals surface area contributed by atoms with E-state index in [4.69, 9.17) is 4.74 Å². The Hall–Kier alpha value is -0.0800. The zero-order chi connectivity index (χ0) is 9.40. The van der Waals surface area contributed by atoms with Gasteiger partial charge in [0.15, 0.2) is 0 Å². The molecule has 0 aromatic rings. The van der Waals surface area contributed by atoms with Crippen LogP contribution in [-0.2, 0) is 4.74 Å². The molecular weight excluding hydrogens is 150 g/mol. The minimum atomic E-state index is 0.405. The van der Waals surface area contributed by atoms with E-state index in [1.165, 1.54) is 6.42 Å². The molecule has 2 nitrogen and oxygen atoms in total. The third kappa shape index (κ3) is 6.62. The summed E-state index contributed by atoms with van der Waals surface area (Å²) in [6.07, 6.45) is 2.76. The van der Waals surface area contributed by atoms with E-state index < -0.39 is 0 Å². The predicted octanol–water partition coefficient (Wildman–Crippen LogP) is 2.05. The second-order valence-electron chi connectivity index (χ2n) is 3.70. The Labute approximate surface area is 76.7 Å². The molecule has 0 amide bonds. The van der Waals surface area contributed by atoms with Crippen molar-refractivity contribution in [3.8, 4) is 0 Å². The molecule has 2 heteroatoms. The van der Waals surface area contributed by atoms with Gasteiger partial charge in [0, 0.05) is 13.2 Å². The van der Waals surface area contributed by atoms with Crippen molar-refractivity contribution in [3.63, 3.8) is 0 Å². The molecule has 0 radical (unpaired) electrons. The lowest BCUT2D eigenvalue weighted by molar-refractivity contribution is 0.0317. The lowest BCUT2D eigenvalue weighted by Crippen LogP contribution is -2.27. The SMILES string of the molecule is CCCC(CNC)OCC(C)C. The number of likely N-dealkylation sites (N-methyl/N-ethyl adjacent to an activating group) is 1. The number of ether oxygens (including phenoxy) is 1. The van der Waals surface area contributed by atoms with Gasteiger partial charge < -0.3 is 10.1 Å². The van der Waals surface area contributed by atoms with Crippen LogP contribution in [0.4, 0.5) is 0 Å². The van der Waals surface area contributed by atoms with Gasteiger partial charge in [-0.25, -0.2) is 0 Å². The van der Waals surface area contributed by atoms with E-state index in [1.54, 1.807) is 0 Å². The minimum absolute atomic E-state index is 0.405. The van der Waals surface area contributed by atoms with Crippen molar-refractivity contribution in [2.75, 3.05) is 20.2 Å². The molecular formula is C10H23NO. The number of nitrogens with one attached hydrogen (secondary N) is 1. The molecule has 0 fully saturated rings. The second-order valence-corrected chi connectivity index (χ2v) is 3.70. The molecule has 1 unspecified atom stereocenters. The summed E-state index contributed by atoms with van der Waals surface area (Å²) >= 11 is 0. The maximum Gasteiger partial charge on any atom is 0.0699 e. The van der Waals surface area contributed by atoms with Crippen LogP contribution in [0.3, 0.4) is 0 Å². The van der Waals surface area contributed by atoms with Crippen molar-refractivity contribution >= 4 is 0 Å². The molecule has 12 heavy (non-hydrogen) atoms. The summed E-state index contributed by atoms with van der Waals surface area (Å²) in [5.41, 5.74) is 0. The zero-order valence-corrected chi connectivity index (χ0v) is 8.89. The highest BCUT2D eigenvalue weighted by molar-refractivity contribution is 4.59. The van der Waals surface area contributed by atoms with E-state index in [0.29, 0.717) is 12.0 Å². The summed E-state index contributed by atoms with van der Waals surface area (Å²) < 4.78 is 5.72. The molecule has 0 heterocycles. The first kappa shape index (κ1) is 11.9. The molecule has 1 N–H and O–H groups in total. The molecule has 0 spiro atoms. The molecule has 0 saturated heterocycles. The van der Waals surface area contributed by atoms with E-state index in [2.05, 4.69) is 26.1 Å². The van der Waals surface area contributed by atoms with E-state index in [-0.39, 0.29) is 0 Å². The van der Waals surface area contributed by atoms with Gasteiger partial charge in [0.1, 0.15) is 0 Å². The summed E-state index contributed by atoms with van der Waals surface area (Å²) in [4.78, 5) is 0. The van der Waals surface area contributed by atoms with Gasteiger partial charge in [-0.05, 0) is 19.4 Å². The first-order valence-electron chi connectivity index (χ1n) is 4.96. The normalized spacial score (nSPS) is 13.8. The van der Waals surface area contributed by atoms with Crippen LogP contribution >= 0.6 is 0 Å². The summed E-state index contributed by atoms with van der Waals surface area (Å²) in [7, 11) is 1.97. The second kappa shape index (κ2) is 7.56. The van der Waals surface area contributed by atoms with Crippen LogP contribution in [0, 0.1) is 5.92 Å². The fourth-order valence-corrected chi connectivity index (χ4v) is 1.12. The molecule has 0 aromatic heterocycles. The first-order valence-corrected chi connectivity index (χ1v) is 4.96. The lowest BCUT2D eigenvalue weighted by atomic mass is 10.2. The largest absolute Gasteiger partial charge is 0.377 e. The van der Waals surface area contributed by atoms with Crippen molar-refractivity contribution in [2.24, 2.45) is 5.92 Å². The van der Waals surface area contributed by atoms with Crippen molar-refractivity contribution in [1.82, 2.24) is 5.32 Å². The highest BCUT2D eigenvalue weighted by Gasteiger charge is 2.06. The lowest BCUT2D eigenvalue weighted by Gasteiger charge is -2.17. The smallest absolute Gasteiger partial charge is 0.0699 e. The molecule has 0 rings (SSSR count). The molecule has 0 saturated carbocycles. The maximum absolute atomic E-state index is 5.72. The highest BCUT2D eigenvalue weighted by Crippen LogP contribution is 2.03. The molecule has 0 aliphatic heterocycles. The average Bonchev–Trinajstić information content (AvgIpc) is 2.01. The summed E-state index contributed by atoms with van der Waals surface area (Å²) in [5.74, 6) is 0.640. The van der Waals surface area contributed by atoms with Crippen molar-refractivity contribution in [1.29, 1.82) is 0 Å². The van der Waals surface area contributed by atoms with Crippen LogP contribution in [0.15, 0.2) is 0 Å². The van der Waals surface area contributed by atoms with Crippen LogP contribution < -0.4 is 5.32 Å². The quantitative estimate of drug-likeness (QED) is 0.636. The first-order chi connectivity index (χ1) is 5.70. The zero-order valence-electron chi connectivity index (χ0n) is 8.89. The standard InChI is InChI=1S/C10H23NO/c1-5-6-10(7-11-4)12-8-9(2)3/h9-11H,5-8H2,1-4H3. The van der Waals surface area contributed by atoms with Crippen LogP contribution in [0.5, 0.6) is 0 Å². The Balaban J connectivity index is 3.48. The van der Waals surface area contributed by atoms with Gasteiger partial charge in [0.25, 0.3) is 0 Å². The third-order valence-corrected chi connectivity index (χ3v) is 1.71. The van der Waals surface area contributed by atoms with E-state index in [1.807, 2.05) is 7.05 Å². The third-order valence-electron chi connectivity index (χ3n) is 1.71. The van der Waals surface area contributed by atoms with Gasteiger partial charge in [-0.15, -0.1) is 0 Å². The number of hydrogen-bond donors (Lipinski definition) is 1. The summed E-state index contributed by atoms with van der Waals surface area (Å²) in [6.45, 7) is 8.42. The molecule has 0 aliphatic carbocycles. The van der Waals surface area contributed by atoms with E-state index in [0.717, 1.165) is 19.6 Å². The Morgan fingerprint density at radius 3 is 2.42 bits per heavy atom. The Kier molecular flexibility index (Phi) is 7.51.